The van der Waals surface area contributed by atoms with Crippen molar-refractivity contribution in [1.82, 2.24) is 9.29 Å². The fourth-order valence-corrected chi connectivity index (χ4v) is 3.84. The number of aromatic nitrogens is 1. The summed E-state index contributed by atoms with van der Waals surface area (Å²) in [5, 5.41) is 10.7. The maximum atomic E-state index is 9.72. The Balaban J connectivity index is 1.74. The minimum atomic E-state index is 0.669. The molecule has 1 N–H and O–H groups in total. The summed E-state index contributed by atoms with van der Waals surface area (Å²) in [6.07, 6.45) is 2.55. The summed E-state index contributed by atoms with van der Waals surface area (Å²) in [6.45, 7) is 0. The number of benzene rings is 2. The van der Waals surface area contributed by atoms with Gasteiger partial charge in [0.25, 0.3) is 0 Å². The van der Waals surface area contributed by atoms with Gasteiger partial charge in [-0.1, -0.05) is 12.1 Å². The minimum absolute atomic E-state index is 0.669. The van der Waals surface area contributed by atoms with Crippen LogP contribution in [0.15, 0.2) is 47.4 Å². The molecule has 2 aromatic carbocycles. The van der Waals surface area contributed by atoms with Crippen LogP contribution < -0.4 is 9.46 Å². The Hall–Kier alpha value is -2.42. The van der Waals surface area contributed by atoms with Crippen LogP contribution in [0.2, 0.25) is 0 Å². The number of aryl methyl sites for hydroxylation is 1. The molecule has 1 fully saturated rings. The molecule has 25 heavy (non-hydrogen) atoms. The molecule has 3 aromatic rings. The van der Waals surface area contributed by atoms with E-state index in [0.717, 1.165) is 27.9 Å². The average Bonchev–Trinajstić information content (AvgIpc) is 3.44. The molecule has 1 saturated carbocycles. The summed E-state index contributed by atoms with van der Waals surface area (Å²) >= 11 is 1.68. The van der Waals surface area contributed by atoms with Crippen LogP contribution in [0, 0.1) is 11.3 Å². The third-order valence-electron chi connectivity index (χ3n) is 4.57. The normalized spacial score (nSPS) is 13.8. The lowest BCUT2D eigenvalue weighted by atomic mass is 10.1. The molecule has 1 aromatic heterocycles. The van der Waals surface area contributed by atoms with E-state index in [0.29, 0.717) is 11.6 Å². The SMILES string of the molecule is COc1ccc2c(C#N)c(-c3ccc(SNC4CC4)cc3)n(C)c2c1. The zero-order valence-electron chi connectivity index (χ0n) is 14.2. The quantitative estimate of drug-likeness (QED) is 0.690. The van der Waals surface area contributed by atoms with Crippen molar-refractivity contribution in [3.05, 3.63) is 48.0 Å². The molecule has 0 saturated heterocycles. The molecule has 0 aliphatic heterocycles. The zero-order chi connectivity index (χ0) is 17.4. The second-order valence-corrected chi connectivity index (χ2v) is 7.21. The molecule has 0 unspecified atom stereocenters. The first-order chi connectivity index (χ1) is 12.2. The maximum Gasteiger partial charge on any atom is 0.120 e. The minimum Gasteiger partial charge on any atom is -0.497 e. The largest absolute Gasteiger partial charge is 0.497 e. The van der Waals surface area contributed by atoms with E-state index in [-0.39, 0.29) is 0 Å². The second-order valence-electron chi connectivity index (χ2n) is 6.30. The van der Waals surface area contributed by atoms with Gasteiger partial charge in [0.2, 0.25) is 0 Å². The number of hydrogen-bond donors (Lipinski definition) is 1. The van der Waals surface area contributed by atoms with Crippen LogP contribution in [-0.4, -0.2) is 17.7 Å². The van der Waals surface area contributed by atoms with E-state index in [1.54, 1.807) is 19.1 Å². The highest BCUT2D eigenvalue weighted by Crippen LogP contribution is 2.35. The van der Waals surface area contributed by atoms with Crippen molar-refractivity contribution in [2.75, 3.05) is 7.11 Å². The zero-order valence-corrected chi connectivity index (χ0v) is 15.1. The number of methoxy groups -OCH3 is 1. The standard InChI is InChI=1S/C20H19N3OS/c1-23-19-11-15(24-2)7-10-17(19)18(12-21)20(23)13-3-8-16(9-4-13)25-22-14-5-6-14/h3-4,7-11,14,22H,5-6H2,1-2H3. The van der Waals surface area contributed by atoms with Crippen LogP contribution in [0.3, 0.4) is 0 Å². The molecule has 4 rings (SSSR count). The number of rotatable bonds is 5. The Bertz CT molecular complexity index is 965. The first kappa shape index (κ1) is 16.1. The molecule has 0 amide bonds. The summed E-state index contributed by atoms with van der Waals surface area (Å²) in [4.78, 5) is 1.19. The van der Waals surface area contributed by atoms with Gasteiger partial charge in [-0.2, -0.15) is 5.26 Å². The van der Waals surface area contributed by atoms with Crippen LogP contribution in [-0.2, 0) is 7.05 Å². The predicted octanol–water partition coefficient (Wildman–Crippen LogP) is 4.48. The van der Waals surface area contributed by atoms with E-state index in [4.69, 9.17) is 4.74 Å². The van der Waals surface area contributed by atoms with Crippen molar-refractivity contribution in [2.24, 2.45) is 7.05 Å². The van der Waals surface area contributed by atoms with Crippen LogP contribution in [0.1, 0.15) is 18.4 Å². The lowest BCUT2D eigenvalue weighted by molar-refractivity contribution is 0.415. The molecule has 0 radical (unpaired) electrons. The van der Waals surface area contributed by atoms with E-state index in [1.807, 2.05) is 25.2 Å². The van der Waals surface area contributed by atoms with Gasteiger partial charge in [-0.3, -0.25) is 4.72 Å². The van der Waals surface area contributed by atoms with Gasteiger partial charge in [-0.25, -0.2) is 0 Å². The lowest BCUT2D eigenvalue weighted by Gasteiger charge is -2.07. The van der Waals surface area contributed by atoms with Crippen LogP contribution in [0.4, 0.5) is 0 Å². The molecule has 5 heteroatoms. The highest BCUT2D eigenvalue weighted by Gasteiger charge is 2.21. The molecule has 0 spiro atoms. The van der Waals surface area contributed by atoms with Gasteiger partial charge < -0.3 is 9.30 Å². The van der Waals surface area contributed by atoms with Gasteiger partial charge in [0.05, 0.1) is 23.9 Å². The van der Waals surface area contributed by atoms with Gasteiger partial charge in [0.15, 0.2) is 0 Å². The van der Waals surface area contributed by atoms with Gasteiger partial charge in [-0.05, 0) is 54.6 Å². The molecule has 1 heterocycles. The Kier molecular flexibility index (Phi) is 4.16. The summed E-state index contributed by atoms with van der Waals surface area (Å²) in [5.74, 6) is 0.794. The number of hydrogen-bond acceptors (Lipinski definition) is 4. The van der Waals surface area contributed by atoms with E-state index in [9.17, 15) is 5.26 Å². The molecule has 4 nitrogen and oxygen atoms in total. The van der Waals surface area contributed by atoms with Crippen molar-refractivity contribution < 1.29 is 4.74 Å². The predicted molar refractivity (Wildman–Crippen MR) is 102 cm³/mol. The number of ether oxygens (including phenoxy) is 1. The van der Waals surface area contributed by atoms with Gasteiger partial charge in [0.1, 0.15) is 11.8 Å². The summed E-state index contributed by atoms with van der Waals surface area (Å²) in [5.41, 5.74) is 3.69. The molecule has 126 valence electrons. The highest BCUT2D eigenvalue weighted by molar-refractivity contribution is 7.97. The topological polar surface area (TPSA) is 50.0 Å². The second kappa shape index (κ2) is 6.47. The number of nitrogens with one attached hydrogen (secondary N) is 1. The van der Waals surface area contributed by atoms with Gasteiger partial charge in [0, 0.05) is 29.4 Å². The Labute approximate surface area is 151 Å². The van der Waals surface area contributed by atoms with Crippen molar-refractivity contribution in [3.63, 3.8) is 0 Å². The Morgan fingerprint density at radius 3 is 2.60 bits per heavy atom. The van der Waals surface area contributed by atoms with E-state index in [2.05, 4.69) is 39.6 Å². The van der Waals surface area contributed by atoms with Crippen LogP contribution >= 0.6 is 11.9 Å². The number of nitrogens with zero attached hydrogens (tertiary/aromatic N) is 2. The molecule has 0 bridgehead atoms. The van der Waals surface area contributed by atoms with Crippen molar-refractivity contribution in [3.8, 4) is 23.1 Å². The van der Waals surface area contributed by atoms with Crippen LogP contribution in [0.25, 0.3) is 22.2 Å². The average molecular weight is 349 g/mol. The summed E-state index contributed by atoms with van der Waals surface area (Å²) in [7, 11) is 3.65. The number of nitriles is 1. The van der Waals surface area contributed by atoms with E-state index < -0.39 is 0 Å². The first-order valence-corrected chi connectivity index (χ1v) is 9.12. The number of fused-ring (bicyclic) bond motifs is 1. The Morgan fingerprint density at radius 2 is 1.96 bits per heavy atom. The molecular weight excluding hydrogens is 330 g/mol. The highest BCUT2D eigenvalue weighted by atomic mass is 32.2. The third-order valence-corrected chi connectivity index (χ3v) is 5.53. The third kappa shape index (κ3) is 2.99. The fourth-order valence-electron chi connectivity index (χ4n) is 3.03. The maximum absolute atomic E-state index is 9.72. The van der Waals surface area contributed by atoms with Crippen molar-refractivity contribution >= 4 is 22.9 Å². The van der Waals surface area contributed by atoms with E-state index >= 15 is 0 Å². The fraction of sp³-hybridized carbons (Fsp3) is 0.250. The molecule has 1 aliphatic carbocycles. The monoisotopic (exact) mass is 349 g/mol. The lowest BCUT2D eigenvalue weighted by Crippen LogP contribution is -2.04. The first-order valence-electron chi connectivity index (χ1n) is 8.30. The van der Waals surface area contributed by atoms with Crippen molar-refractivity contribution in [2.45, 2.75) is 23.8 Å². The Morgan fingerprint density at radius 1 is 1.20 bits per heavy atom. The molecule has 0 atom stereocenters. The van der Waals surface area contributed by atoms with Gasteiger partial charge in [-0.15, -0.1) is 0 Å². The van der Waals surface area contributed by atoms with Crippen molar-refractivity contribution in [1.29, 1.82) is 5.26 Å². The summed E-state index contributed by atoms with van der Waals surface area (Å²) < 4.78 is 10.8. The van der Waals surface area contributed by atoms with Crippen LogP contribution in [0.5, 0.6) is 5.75 Å². The summed E-state index contributed by atoms with van der Waals surface area (Å²) in [6, 6.07) is 17.3. The molecular formula is C20H19N3OS. The van der Waals surface area contributed by atoms with Gasteiger partial charge >= 0.3 is 0 Å². The van der Waals surface area contributed by atoms with E-state index in [1.165, 1.54) is 17.7 Å². The molecule has 1 aliphatic rings. The smallest absolute Gasteiger partial charge is 0.120 e.